The maximum atomic E-state index is 5.31. The number of nitrogens with zero attached hydrogens (tertiary/aromatic N) is 7. The molecule has 5 aromatic heterocycles. The number of aromatic nitrogens is 7. The number of rotatable bonds is 9. The van der Waals surface area contributed by atoms with E-state index in [1.165, 1.54) is 0 Å². The molecule has 282 valence electrons. The minimum Gasteiger partial charge on any atom is -0.255 e. The Labute approximate surface area is 347 Å². The Bertz CT molecular complexity index is 2950. The lowest BCUT2D eigenvalue weighted by atomic mass is 9.99. The second-order valence-corrected chi connectivity index (χ2v) is 14.2. The Balaban J connectivity index is 1.13. The van der Waals surface area contributed by atoms with Crippen molar-refractivity contribution in [3.8, 4) is 102 Å². The van der Waals surface area contributed by atoms with Crippen molar-refractivity contribution in [1.29, 1.82) is 0 Å². The van der Waals surface area contributed by atoms with E-state index >= 15 is 0 Å². The molecule has 0 aliphatic rings. The first kappa shape index (κ1) is 36.1. The molecule has 7 nitrogen and oxygen atoms in total. The Kier molecular flexibility index (Phi) is 9.79. The molecule has 7 heteroatoms. The highest BCUT2D eigenvalue weighted by Crippen LogP contribution is 2.36. The van der Waals surface area contributed by atoms with Gasteiger partial charge < -0.3 is 0 Å². The Morgan fingerprint density at radius 3 is 1.25 bits per heavy atom. The lowest BCUT2D eigenvalue weighted by Crippen LogP contribution is -2.00. The van der Waals surface area contributed by atoms with Crippen LogP contribution in [0, 0.1) is 0 Å². The Morgan fingerprint density at radius 2 is 0.683 bits per heavy atom. The van der Waals surface area contributed by atoms with E-state index in [1.807, 2.05) is 152 Å². The Morgan fingerprint density at radius 1 is 0.233 bits per heavy atom. The van der Waals surface area contributed by atoms with E-state index in [2.05, 4.69) is 54.6 Å². The van der Waals surface area contributed by atoms with Crippen molar-refractivity contribution in [2.24, 2.45) is 0 Å². The van der Waals surface area contributed by atoms with Crippen LogP contribution in [0.4, 0.5) is 0 Å². The minimum absolute atomic E-state index is 0.630. The van der Waals surface area contributed by atoms with E-state index in [4.69, 9.17) is 34.9 Å². The lowest BCUT2D eigenvalue weighted by molar-refractivity contribution is 1.17. The van der Waals surface area contributed by atoms with Crippen LogP contribution in [0.25, 0.3) is 102 Å². The number of hydrogen-bond acceptors (Lipinski definition) is 7. The van der Waals surface area contributed by atoms with Crippen LogP contribution in [-0.4, -0.2) is 34.9 Å². The third-order valence-corrected chi connectivity index (χ3v) is 10.2. The minimum atomic E-state index is 0.630. The van der Waals surface area contributed by atoms with Crippen molar-refractivity contribution < 1.29 is 0 Å². The normalized spacial score (nSPS) is 11.0. The van der Waals surface area contributed by atoms with Gasteiger partial charge in [0.1, 0.15) is 0 Å². The van der Waals surface area contributed by atoms with Crippen LogP contribution in [0.2, 0.25) is 0 Å². The summed E-state index contributed by atoms with van der Waals surface area (Å²) in [7, 11) is 0. The van der Waals surface area contributed by atoms with Crippen molar-refractivity contribution in [1.82, 2.24) is 34.9 Å². The van der Waals surface area contributed by atoms with Crippen molar-refractivity contribution >= 4 is 0 Å². The number of pyridine rings is 3. The average Bonchev–Trinajstić information content (AvgIpc) is 3.35. The number of hydrogen-bond donors (Lipinski definition) is 0. The predicted molar refractivity (Wildman–Crippen MR) is 240 cm³/mol. The van der Waals surface area contributed by atoms with Crippen molar-refractivity contribution in [3.63, 3.8) is 0 Å². The van der Waals surface area contributed by atoms with Crippen LogP contribution in [0.5, 0.6) is 0 Å². The molecule has 0 aliphatic carbocycles. The molecule has 0 spiro atoms. The van der Waals surface area contributed by atoms with Crippen LogP contribution in [0.15, 0.2) is 213 Å². The first-order valence-corrected chi connectivity index (χ1v) is 19.7. The fourth-order valence-corrected chi connectivity index (χ4v) is 7.25. The van der Waals surface area contributed by atoms with E-state index in [0.29, 0.717) is 34.4 Å². The summed E-state index contributed by atoms with van der Waals surface area (Å²) in [6.45, 7) is 0. The first-order chi connectivity index (χ1) is 29.7. The van der Waals surface area contributed by atoms with Gasteiger partial charge in [-0.25, -0.2) is 24.9 Å². The molecule has 5 aromatic carbocycles. The molecule has 0 amide bonds. The summed E-state index contributed by atoms with van der Waals surface area (Å²) in [5.41, 5.74) is 13.6. The summed E-state index contributed by atoms with van der Waals surface area (Å²) in [6, 6.07) is 67.1. The maximum absolute atomic E-state index is 5.31. The van der Waals surface area contributed by atoms with Gasteiger partial charge in [-0.3, -0.25) is 9.97 Å². The van der Waals surface area contributed by atoms with Crippen LogP contribution in [-0.2, 0) is 0 Å². The molecule has 0 aliphatic heterocycles. The molecule has 0 N–H and O–H groups in total. The molecule has 0 unspecified atom stereocenters. The van der Waals surface area contributed by atoms with E-state index in [9.17, 15) is 0 Å². The van der Waals surface area contributed by atoms with Crippen molar-refractivity contribution in [2.75, 3.05) is 0 Å². The summed E-state index contributed by atoms with van der Waals surface area (Å²) >= 11 is 0. The fourth-order valence-electron chi connectivity index (χ4n) is 7.25. The molecular formula is C53H35N7. The molecule has 5 heterocycles. The second-order valence-electron chi connectivity index (χ2n) is 14.2. The van der Waals surface area contributed by atoms with E-state index in [0.717, 1.165) is 67.3 Å². The largest absolute Gasteiger partial charge is 0.255 e. The van der Waals surface area contributed by atoms with Gasteiger partial charge in [0.25, 0.3) is 0 Å². The zero-order chi connectivity index (χ0) is 40.1. The lowest BCUT2D eigenvalue weighted by Gasteiger charge is -2.14. The molecule has 60 heavy (non-hydrogen) atoms. The average molecular weight is 770 g/mol. The molecule has 0 saturated carbocycles. The van der Waals surface area contributed by atoms with Crippen molar-refractivity contribution in [3.05, 3.63) is 213 Å². The molecule has 0 fully saturated rings. The molecule has 0 saturated heterocycles. The number of benzene rings is 5. The van der Waals surface area contributed by atoms with Crippen LogP contribution in [0.1, 0.15) is 0 Å². The maximum Gasteiger partial charge on any atom is 0.160 e. The molecule has 0 bridgehead atoms. The summed E-state index contributed by atoms with van der Waals surface area (Å²) < 4.78 is 0. The fraction of sp³-hybridized carbons (Fsp3) is 0. The molecular weight excluding hydrogens is 735 g/mol. The zero-order valence-electron chi connectivity index (χ0n) is 32.3. The van der Waals surface area contributed by atoms with Gasteiger partial charge >= 0.3 is 0 Å². The van der Waals surface area contributed by atoms with E-state index in [1.54, 1.807) is 6.20 Å². The van der Waals surface area contributed by atoms with Gasteiger partial charge in [0.2, 0.25) is 0 Å². The van der Waals surface area contributed by atoms with Gasteiger partial charge in [-0.2, -0.15) is 0 Å². The van der Waals surface area contributed by atoms with Gasteiger partial charge in [-0.1, -0.05) is 152 Å². The molecule has 0 atom stereocenters. The van der Waals surface area contributed by atoms with Crippen LogP contribution < -0.4 is 0 Å². The van der Waals surface area contributed by atoms with E-state index in [-0.39, 0.29) is 0 Å². The quantitative estimate of drug-likeness (QED) is 0.144. The van der Waals surface area contributed by atoms with Gasteiger partial charge in [0.05, 0.1) is 45.6 Å². The highest BCUT2D eigenvalue weighted by molar-refractivity contribution is 5.84. The van der Waals surface area contributed by atoms with E-state index < -0.39 is 0 Å². The zero-order valence-corrected chi connectivity index (χ0v) is 32.3. The van der Waals surface area contributed by atoms with Crippen LogP contribution in [0.3, 0.4) is 0 Å². The monoisotopic (exact) mass is 769 g/mol. The first-order valence-electron chi connectivity index (χ1n) is 19.7. The highest BCUT2D eigenvalue weighted by Gasteiger charge is 2.19. The topological polar surface area (TPSA) is 90.2 Å². The Hall–Kier alpha value is -8.29. The third kappa shape index (κ3) is 7.58. The molecule has 10 aromatic rings. The van der Waals surface area contributed by atoms with Crippen molar-refractivity contribution in [2.45, 2.75) is 0 Å². The van der Waals surface area contributed by atoms with Gasteiger partial charge in [-0.15, -0.1) is 0 Å². The summed E-state index contributed by atoms with van der Waals surface area (Å²) in [5, 5.41) is 0. The SMILES string of the molecule is c1ccc(-c2cc(-c3cc(-c4cc(-c5ccccc5)nc(-c5ccccc5)n4)ccn3)nc(-c3ncccc3-c3cc(-c4ccccc4)nc(-c4ccccc4)n3)c2)cc1. The van der Waals surface area contributed by atoms with Crippen LogP contribution >= 0.6 is 0 Å². The summed E-state index contributed by atoms with van der Waals surface area (Å²) in [4.78, 5) is 35.4. The summed E-state index contributed by atoms with van der Waals surface area (Å²) in [6.07, 6.45) is 3.62. The van der Waals surface area contributed by atoms with Gasteiger partial charge in [-0.05, 0) is 59.7 Å². The highest BCUT2D eigenvalue weighted by atomic mass is 14.9. The molecule has 0 radical (unpaired) electrons. The third-order valence-electron chi connectivity index (χ3n) is 10.2. The summed E-state index contributed by atoms with van der Waals surface area (Å²) in [5.74, 6) is 1.28. The molecule has 10 rings (SSSR count). The smallest absolute Gasteiger partial charge is 0.160 e. The second kappa shape index (κ2) is 16.3. The van der Waals surface area contributed by atoms with Gasteiger partial charge in [0, 0.05) is 45.8 Å². The van der Waals surface area contributed by atoms with Gasteiger partial charge in [0.15, 0.2) is 11.6 Å². The predicted octanol–water partition coefficient (Wildman–Crippen LogP) is 12.5. The standard InChI is InChI=1S/C53H35N7/c1-6-17-36(18-7-1)42-32-49(48-31-41(28-30-54-48)46-34-44(37-19-8-2-9-20-37)57-52(59-46)39-23-12-4-13-24-39)56-50(33-42)51-43(27-16-29-55-51)47-35-45(38-21-10-3-11-22-38)58-53(60-47)40-25-14-5-15-26-40/h1-35H.